The van der Waals surface area contributed by atoms with Crippen molar-refractivity contribution in [3.63, 3.8) is 0 Å². The Kier molecular flexibility index (Phi) is 12.1. The van der Waals surface area contributed by atoms with Crippen LogP contribution in [0.4, 0.5) is 0 Å². The highest BCUT2D eigenvalue weighted by molar-refractivity contribution is 7.20. The van der Waals surface area contributed by atoms with Gasteiger partial charge in [-0.2, -0.15) is 0 Å². The van der Waals surface area contributed by atoms with Gasteiger partial charge in [-0.25, -0.2) is 0 Å². The van der Waals surface area contributed by atoms with E-state index >= 15 is 0 Å². The van der Waals surface area contributed by atoms with E-state index < -0.39 is 8.07 Å². The summed E-state index contributed by atoms with van der Waals surface area (Å²) in [6.45, 7) is 4.49. The molecular formula is C78H56Si. The highest BCUT2D eigenvalue weighted by Crippen LogP contribution is 2.40. The van der Waals surface area contributed by atoms with Gasteiger partial charge in [0.2, 0.25) is 0 Å². The number of benzene rings is 14. The molecular weight excluding hydrogens is 965 g/mol. The van der Waals surface area contributed by atoms with E-state index in [1.54, 1.807) is 0 Å². The average molecular weight is 1020 g/mol. The third-order valence-corrected chi connectivity index (χ3v) is 21.3. The Hall–Kier alpha value is -9.66. The molecule has 0 saturated carbocycles. The van der Waals surface area contributed by atoms with Crippen LogP contribution in [0.15, 0.2) is 303 Å². The van der Waals surface area contributed by atoms with E-state index in [2.05, 4.69) is 317 Å². The van der Waals surface area contributed by atoms with E-state index in [-0.39, 0.29) is 0 Å². The third kappa shape index (κ3) is 8.66. The van der Waals surface area contributed by atoms with Crippen molar-refractivity contribution in [1.82, 2.24) is 0 Å². The number of hydrogen-bond donors (Lipinski definition) is 0. The smallest absolute Gasteiger partial charge is 0.0623 e. The molecule has 1 heteroatoms. The fourth-order valence-electron chi connectivity index (χ4n) is 12.7. The van der Waals surface area contributed by atoms with Crippen molar-refractivity contribution in [3.05, 3.63) is 314 Å². The summed E-state index contributed by atoms with van der Waals surface area (Å²) in [6.07, 6.45) is 0. The minimum Gasteiger partial charge on any atom is -0.0623 e. The number of hydrogen-bond acceptors (Lipinski definition) is 0. The third-order valence-electron chi connectivity index (χ3n) is 16.6. The van der Waals surface area contributed by atoms with Crippen molar-refractivity contribution >= 4 is 71.9 Å². The number of aryl methyl sites for hydroxylation is 2. The van der Waals surface area contributed by atoms with Gasteiger partial charge in [0.15, 0.2) is 8.07 Å². The van der Waals surface area contributed by atoms with Crippen LogP contribution in [0, 0.1) is 13.8 Å². The van der Waals surface area contributed by atoms with Gasteiger partial charge >= 0.3 is 0 Å². The summed E-state index contributed by atoms with van der Waals surface area (Å²) in [5.74, 6) is 0. The van der Waals surface area contributed by atoms with E-state index in [0.29, 0.717) is 0 Å². The molecule has 0 amide bonds. The molecule has 0 aliphatic heterocycles. The molecule has 0 nitrogen and oxygen atoms in total. The Morgan fingerprint density at radius 1 is 0.177 bits per heavy atom. The van der Waals surface area contributed by atoms with Gasteiger partial charge < -0.3 is 0 Å². The molecule has 0 radical (unpaired) electrons. The van der Waals surface area contributed by atoms with Gasteiger partial charge in [-0.15, -0.1) is 0 Å². The second-order valence-corrected chi connectivity index (χ2v) is 25.1. The summed E-state index contributed by atoms with van der Waals surface area (Å²) in [5.41, 5.74) is 17.0. The fourth-order valence-corrected chi connectivity index (χ4v) is 17.5. The summed E-state index contributed by atoms with van der Waals surface area (Å²) < 4.78 is 0. The largest absolute Gasteiger partial charge is 0.179 e. The van der Waals surface area contributed by atoms with Crippen LogP contribution in [0.2, 0.25) is 0 Å². The van der Waals surface area contributed by atoms with Gasteiger partial charge in [-0.3, -0.25) is 0 Å². The zero-order valence-corrected chi connectivity index (χ0v) is 45.4. The first-order valence-electron chi connectivity index (χ1n) is 27.5. The van der Waals surface area contributed by atoms with Crippen molar-refractivity contribution < 1.29 is 0 Å². The summed E-state index contributed by atoms with van der Waals surface area (Å²) in [6, 6.07) is 114. The molecule has 0 unspecified atom stereocenters. The predicted octanol–water partition coefficient (Wildman–Crippen LogP) is 18.3. The zero-order valence-electron chi connectivity index (χ0n) is 44.4. The van der Waals surface area contributed by atoms with Crippen LogP contribution in [-0.2, 0) is 0 Å². The standard InChI is InChI=1S/C78H56Si/c1-53-41-62(56-23-11-4-12-24-56)52-78-74(53)38-36-61-43-58(34-39-75(61)78)63-45-64(59-35-40-76-68(44-59)42-54(2)73-37-33-60(51-77(73)76)55-21-9-3-10-22-55)47-65(46-63)67-48-66(57-25-13-5-14-26-57)49-72(50-67)79(69-27-15-6-16-28-69,70-29-17-7-18-30-70)71-31-19-8-20-32-71/h3-52H,1-2H3. The molecule has 0 fully saturated rings. The summed E-state index contributed by atoms with van der Waals surface area (Å²) in [5, 5.41) is 15.5. The number of rotatable bonds is 10. The Balaban J connectivity index is 1.01. The van der Waals surface area contributed by atoms with Crippen molar-refractivity contribution in [3.8, 4) is 66.8 Å². The zero-order chi connectivity index (χ0) is 52.9. The van der Waals surface area contributed by atoms with Crippen molar-refractivity contribution in [2.75, 3.05) is 0 Å². The first kappa shape index (κ1) is 47.8. The maximum absolute atomic E-state index is 2.95. The van der Waals surface area contributed by atoms with Crippen LogP contribution < -0.4 is 20.7 Å². The lowest BCUT2D eigenvalue weighted by Gasteiger charge is -2.35. The van der Waals surface area contributed by atoms with E-state index in [1.807, 2.05) is 0 Å². The van der Waals surface area contributed by atoms with E-state index in [1.165, 1.54) is 142 Å². The Bertz CT molecular complexity index is 4470. The quantitative estimate of drug-likeness (QED) is 0.0728. The second-order valence-electron chi connectivity index (χ2n) is 21.3. The minimum absolute atomic E-state index is 1.17. The average Bonchev–Trinajstić information content (AvgIpc) is 3.60. The van der Waals surface area contributed by atoms with Crippen molar-refractivity contribution in [1.29, 1.82) is 0 Å². The molecule has 0 N–H and O–H groups in total. The Morgan fingerprint density at radius 3 is 0.975 bits per heavy atom. The molecule has 0 bridgehead atoms. The molecule has 14 aromatic carbocycles. The summed E-state index contributed by atoms with van der Waals surface area (Å²) >= 11 is 0. The van der Waals surface area contributed by atoms with Crippen molar-refractivity contribution in [2.24, 2.45) is 0 Å². The lowest BCUT2D eigenvalue weighted by atomic mass is 9.89. The van der Waals surface area contributed by atoms with Crippen LogP contribution in [0.5, 0.6) is 0 Å². The highest BCUT2D eigenvalue weighted by atomic mass is 28.3. The fraction of sp³-hybridized carbons (Fsp3) is 0.0256. The normalized spacial score (nSPS) is 11.7. The minimum atomic E-state index is -2.95. The highest BCUT2D eigenvalue weighted by Gasteiger charge is 2.42. The van der Waals surface area contributed by atoms with Gasteiger partial charge in [0.05, 0.1) is 0 Å². The van der Waals surface area contributed by atoms with Crippen molar-refractivity contribution in [2.45, 2.75) is 13.8 Å². The molecule has 0 aromatic heterocycles. The SMILES string of the molecule is Cc1cc(-c2ccccc2)cc2c1ccc1cc(-c3cc(-c4cc(-c5ccccc5)cc([Si](c5ccccc5)(c5ccccc5)c5ccccc5)c4)cc(-c4ccc5c(c4)cc(C)c4ccc(-c6ccccc6)cc45)c3)ccc12. The molecule has 0 atom stereocenters. The van der Waals surface area contributed by atoms with Crippen LogP contribution in [0.3, 0.4) is 0 Å². The molecule has 14 aromatic rings. The van der Waals surface area contributed by atoms with Crippen LogP contribution in [-0.4, -0.2) is 8.07 Å². The summed E-state index contributed by atoms with van der Waals surface area (Å²) in [4.78, 5) is 0. The van der Waals surface area contributed by atoms with Gasteiger partial charge in [0.1, 0.15) is 0 Å². The molecule has 0 heterocycles. The van der Waals surface area contributed by atoms with Gasteiger partial charge in [0, 0.05) is 0 Å². The molecule has 0 spiro atoms. The molecule has 0 aliphatic carbocycles. The Labute approximate surface area is 464 Å². The molecule has 14 rings (SSSR count). The van der Waals surface area contributed by atoms with E-state index in [9.17, 15) is 0 Å². The first-order chi connectivity index (χ1) is 38.9. The molecule has 0 saturated heterocycles. The molecule has 0 aliphatic rings. The maximum Gasteiger partial charge on any atom is 0.179 e. The molecule has 372 valence electrons. The van der Waals surface area contributed by atoms with Gasteiger partial charge in [-0.1, -0.05) is 255 Å². The van der Waals surface area contributed by atoms with Crippen LogP contribution >= 0.6 is 0 Å². The lowest BCUT2D eigenvalue weighted by molar-refractivity contribution is 1.52. The van der Waals surface area contributed by atoms with E-state index in [4.69, 9.17) is 0 Å². The predicted molar refractivity (Wildman–Crippen MR) is 342 cm³/mol. The summed E-state index contributed by atoms with van der Waals surface area (Å²) in [7, 11) is -2.95. The Morgan fingerprint density at radius 2 is 0.494 bits per heavy atom. The van der Waals surface area contributed by atoms with Gasteiger partial charge in [-0.05, 0) is 204 Å². The maximum atomic E-state index is 2.54. The van der Waals surface area contributed by atoms with Crippen LogP contribution in [0.25, 0.3) is 110 Å². The lowest BCUT2D eigenvalue weighted by Crippen LogP contribution is -2.74. The number of fused-ring (bicyclic) bond motifs is 6. The topological polar surface area (TPSA) is 0 Å². The van der Waals surface area contributed by atoms with Gasteiger partial charge in [0.25, 0.3) is 0 Å². The second kappa shape index (κ2) is 20.0. The first-order valence-corrected chi connectivity index (χ1v) is 29.5. The van der Waals surface area contributed by atoms with Crippen LogP contribution in [0.1, 0.15) is 11.1 Å². The van der Waals surface area contributed by atoms with E-state index in [0.717, 1.165) is 0 Å². The molecule has 79 heavy (non-hydrogen) atoms. The monoisotopic (exact) mass is 1020 g/mol.